The molecule has 0 spiro atoms. The molecule has 2 heterocycles. The SMILES string of the molecule is CC(C)c1cccc(S(=O)(=O)N[C@@H]2CCN(c3ccccn3)C2)c1. The zero-order valence-corrected chi connectivity index (χ0v) is 14.8. The van der Waals surface area contributed by atoms with Crippen LogP contribution in [0.5, 0.6) is 0 Å². The van der Waals surface area contributed by atoms with Crippen LogP contribution in [-0.2, 0) is 10.0 Å². The first kappa shape index (κ1) is 16.9. The van der Waals surface area contributed by atoms with Crippen LogP contribution in [0.25, 0.3) is 0 Å². The fourth-order valence-electron chi connectivity index (χ4n) is 2.93. The maximum Gasteiger partial charge on any atom is 0.240 e. The van der Waals surface area contributed by atoms with Crippen molar-refractivity contribution in [3.63, 3.8) is 0 Å². The molecule has 24 heavy (non-hydrogen) atoms. The number of sulfonamides is 1. The van der Waals surface area contributed by atoms with Gasteiger partial charge in [-0.25, -0.2) is 18.1 Å². The lowest BCUT2D eigenvalue weighted by atomic mass is 10.0. The van der Waals surface area contributed by atoms with Gasteiger partial charge in [0.05, 0.1) is 4.90 Å². The highest BCUT2D eigenvalue weighted by Gasteiger charge is 2.28. The Balaban J connectivity index is 1.71. The summed E-state index contributed by atoms with van der Waals surface area (Å²) in [5, 5.41) is 0. The second-order valence-corrected chi connectivity index (χ2v) is 8.18. The minimum atomic E-state index is -3.50. The number of benzene rings is 1. The Morgan fingerprint density at radius 1 is 1.21 bits per heavy atom. The van der Waals surface area contributed by atoms with E-state index in [2.05, 4.69) is 28.5 Å². The van der Waals surface area contributed by atoms with Crippen molar-refractivity contribution in [3.8, 4) is 0 Å². The standard InChI is InChI=1S/C18H23N3O2S/c1-14(2)15-6-5-7-17(12-15)24(22,23)20-16-9-11-21(13-16)18-8-3-4-10-19-18/h3-8,10,12,14,16,20H,9,11,13H2,1-2H3/t16-/m1/s1. The fraction of sp³-hybridized carbons (Fsp3) is 0.389. The Hall–Kier alpha value is -1.92. The quantitative estimate of drug-likeness (QED) is 0.905. The molecule has 1 saturated heterocycles. The third kappa shape index (κ3) is 3.76. The zero-order valence-electron chi connectivity index (χ0n) is 14.0. The van der Waals surface area contributed by atoms with E-state index in [1.54, 1.807) is 24.4 Å². The van der Waals surface area contributed by atoms with Crippen LogP contribution >= 0.6 is 0 Å². The summed E-state index contributed by atoms with van der Waals surface area (Å²) in [5.41, 5.74) is 1.03. The molecular weight excluding hydrogens is 322 g/mol. The van der Waals surface area contributed by atoms with Gasteiger partial charge in [-0.1, -0.05) is 32.0 Å². The van der Waals surface area contributed by atoms with Crippen molar-refractivity contribution in [2.75, 3.05) is 18.0 Å². The summed E-state index contributed by atoms with van der Waals surface area (Å²) < 4.78 is 28.2. The van der Waals surface area contributed by atoms with Crippen molar-refractivity contribution in [1.82, 2.24) is 9.71 Å². The molecule has 1 atom stereocenters. The second kappa shape index (κ2) is 6.91. The minimum Gasteiger partial charge on any atom is -0.355 e. The Morgan fingerprint density at radius 3 is 2.75 bits per heavy atom. The van der Waals surface area contributed by atoms with Gasteiger partial charge in [0.1, 0.15) is 5.82 Å². The lowest BCUT2D eigenvalue weighted by Crippen LogP contribution is -2.37. The second-order valence-electron chi connectivity index (χ2n) is 6.47. The van der Waals surface area contributed by atoms with E-state index >= 15 is 0 Å². The average molecular weight is 345 g/mol. The molecule has 0 bridgehead atoms. The lowest BCUT2D eigenvalue weighted by molar-refractivity contribution is 0.561. The topological polar surface area (TPSA) is 62.3 Å². The van der Waals surface area contributed by atoms with Crippen LogP contribution in [-0.4, -0.2) is 32.5 Å². The first-order chi connectivity index (χ1) is 11.5. The predicted molar refractivity (Wildman–Crippen MR) is 95.7 cm³/mol. The molecule has 0 aliphatic carbocycles. The number of hydrogen-bond donors (Lipinski definition) is 1. The Bertz CT molecular complexity index is 791. The fourth-order valence-corrected chi connectivity index (χ4v) is 4.25. The summed E-state index contributed by atoms with van der Waals surface area (Å²) in [7, 11) is -3.50. The summed E-state index contributed by atoms with van der Waals surface area (Å²) >= 11 is 0. The Morgan fingerprint density at radius 2 is 2.04 bits per heavy atom. The van der Waals surface area contributed by atoms with E-state index < -0.39 is 10.0 Å². The highest BCUT2D eigenvalue weighted by Crippen LogP contribution is 2.21. The molecule has 1 aliphatic rings. The number of rotatable bonds is 5. The molecule has 0 saturated carbocycles. The monoisotopic (exact) mass is 345 g/mol. The maximum atomic E-state index is 12.7. The van der Waals surface area contributed by atoms with Crippen molar-refractivity contribution in [2.45, 2.75) is 37.1 Å². The van der Waals surface area contributed by atoms with Gasteiger partial charge >= 0.3 is 0 Å². The van der Waals surface area contributed by atoms with Gasteiger partial charge in [-0.3, -0.25) is 0 Å². The van der Waals surface area contributed by atoms with Crippen LogP contribution < -0.4 is 9.62 Å². The van der Waals surface area contributed by atoms with Crippen molar-refractivity contribution in [3.05, 3.63) is 54.2 Å². The highest BCUT2D eigenvalue weighted by molar-refractivity contribution is 7.89. The molecule has 1 aliphatic heterocycles. The van der Waals surface area contributed by atoms with E-state index in [9.17, 15) is 8.42 Å². The van der Waals surface area contributed by atoms with Crippen molar-refractivity contribution < 1.29 is 8.42 Å². The van der Waals surface area contributed by atoms with Crippen molar-refractivity contribution in [1.29, 1.82) is 0 Å². The molecule has 0 unspecified atom stereocenters. The molecule has 0 radical (unpaired) electrons. The minimum absolute atomic E-state index is 0.0975. The van der Waals surface area contributed by atoms with Gasteiger partial charge in [0.15, 0.2) is 0 Å². The third-order valence-corrected chi connectivity index (χ3v) is 5.84. The molecule has 1 aromatic heterocycles. The molecule has 2 aromatic rings. The van der Waals surface area contributed by atoms with Crippen LogP contribution in [0.4, 0.5) is 5.82 Å². The number of nitrogens with one attached hydrogen (secondary N) is 1. The first-order valence-electron chi connectivity index (χ1n) is 8.24. The van der Waals surface area contributed by atoms with Crippen molar-refractivity contribution in [2.24, 2.45) is 0 Å². The Kier molecular flexibility index (Phi) is 4.87. The normalized spacial score (nSPS) is 18.3. The van der Waals surface area contributed by atoms with Gasteiger partial charge in [-0.15, -0.1) is 0 Å². The van der Waals surface area contributed by atoms with E-state index in [-0.39, 0.29) is 6.04 Å². The molecule has 1 fully saturated rings. The van der Waals surface area contributed by atoms with Crippen LogP contribution in [0.1, 0.15) is 31.7 Å². The molecule has 1 aromatic carbocycles. The smallest absolute Gasteiger partial charge is 0.240 e. The van der Waals surface area contributed by atoms with Gasteiger partial charge in [0.2, 0.25) is 10.0 Å². The summed E-state index contributed by atoms with van der Waals surface area (Å²) in [5.74, 6) is 1.19. The van der Waals surface area contributed by atoms with Crippen LogP contribution in [0.15, 0.2) is 53.6 Å². The predicted octanol–water partition coefficient (Wildman–Crippen LogP) is 2.76. The van der Waals surface area contributed by atoms with Gasteiger partial charge < -0.3 is 4.90 Å². The summed E-state index contributed by atoms with van der Waals surface area (Å²) in [6.07, 6.45) is 2.53. The Labute approximate surface area is 143 Å². The molecule has 3 rings (SSSR count). The van der Waals surface area contributed by atoms with E-state index in [0.29, 0.717) is 17.4 Å². The maximum absolute atomic E-state index is 12.7. The third-order valence-electron chi connectivity index (χ3n) is 4.32. The molecular formula is C18H23N3O2S. The number of aromatic nitrogens is 1. The van der Waals surface area contributed by atoms with Crippen molar-refractivity contribution >= 4 is 15.8 Å². The largest absolute Gasteiger partial charge is 0.355 e. The summed E-state index contributed by atoms with van der Waals surface area (Å²) in [6.45, 7) is 5.55. The molecule has 0 amide bonds. The van der Waals surface area contributed by atoms with Gasteiger partial charge in [-0.2, -0.15) is 0 Å². The van der Waals surface area contributed by atoms with Gasteiger partial charge in [0.25, 0.3) is 0 Å². The van der Waals surface area contributed by atoms with E-state index in [4.69, 9.17) is 0 Å². The molecule has 5 nitrogen and oxygen atoms in total. The highest BCUT2D eigenvalue weighted by atomic mass is 32.2. The number of pyridine rings is 1. The first-order valence-corrected chi connectivity index (χ1v) is 9.72. The molecule has 128 valence electrons. The van der Waals surface area contributed by atoms with Gasteiger partial charge in [0, 0.05) is 25.3 Å². The van der Waals surface area contributed by atoms with Crippen LogP contribution in [0.2, 0.25) is 0 Å². The number of nitrogens with zero attached hydrogens (tertiary/aromatic N) is 2. The van der Waals surface area contributed by atoms with E-state index in [0.717, 1.165) is 24.3 Å². The average Bonchev–Trinajstić information content (AvgIpc) is 3.03. The van der Waals surface area contributed by atoms with E-state index in [1.807, 2.05) is 24.3 Å². The summed E-state index contributed by atoms with van der Waals surface area (Å²) in [6, 6.07) is 12.8. The zero-order chi connectivity index (χ0) is 17.2. The molecule has 1 N–H and O–H groups in total. The summed E-state index contributed by atoms with van der Waals surface area (Å²) in [4.78, 5) is 6.78. The molecule has 6 heteroatoms. The van der Waals surface area contributed by atoms with Gasteiger partial charge in [-0.05, 0) is 42.2 Å². The van der Waals surface area contributed by atoms with E-state index in [1.165, 1.54) is 0 Å². The number of anilines is 1. The van der Waals surface area contributed by atoms with Crippen LogP contribution in [0, 0.1) is 0 Å². The number of hydrogen-bond acceptors (Lipinski definition) is 4. The van der Waals surface area contributed by atoms with Crippen LogP contribution in [0.3, 0.4) is 0 Å². The lowest BCUT2D eigenvalue weighted by Gasteiger charge is -2.18.